The highest BCUT2D eigenvalue weighted by Crippen LogP contribution is 2.64. The third kappa shape index (κ3) is 1.44. The summed E-state index contributed by atoms with van der Waals surface area (Å²) in [6.45, 7) is 5.59. The highest BCUT2D eigenvalue weighted by molar-refractivity contribution is 5.99. The molecule has 0 radical (unpaired) electrons. The zero-order valence-corrected chi connectivity index (χ0v) is 12.2. The molecule has 0 aromatic rings. The van der Waals surface area contributed by atoms with Crippen LogP contribution in [-0.4, -0.2) is 39.9 Å². The van der Waals surface area contributed by atoms with E-state index in [4.69, 9.17) is 9.78 Å². The minimum absolute atomic E-state index is 0.0929. The van der Waals surface area contributed by atoms with Gasteiger partial charge in [-0.3, -0.25) is 4.79 Å². The van der Waals surface area contributed by atoms with Crippen LogP contribution in [0.1, 0.15) is 40.0 Å². The number of allylic oxidation sites excluding steroid dienone is 1. The molecule has 0 aromatic carbocycles. The lowest BCUT2D eigenvalue weighted by molar-refractivity contribution is -0.463. The Bertz CT molecular complexity index is 485. The highest BCUT2D eigenvalue weighted by atomic mass is 17.2. The first-order valence-electron chi connectivity index (χ1n) is 7.12. The van der Waals surface area contributed by atoms with Gasteiger partial charge in [0.15, 0.2) is 11.4 Å². The van der Waals surface area contributed by atoms with Crippen LogP contribution in [0.2, 0.25) is 0 Å². The number of aliphatic hydroxyl groups excluding tert-OH is 1. The summed E-state index contributed by atoms with van der Waals surface area (Å²) in [5.41, 5.74) is -2.98. The van der Waals surface area contributed by atoms with E-state index in [1.54, 1.807) is 13.0 Å². The number of aliphatic hydroxyl groups is 2. The van der Waals surface area contributed by atoms with E-state index in [9.17, 15) is 15.0 Å². The van der Waals surface area contributed by atoms with Gasteiger partial charge in [0.25, 0.3) is 0 Å². The monoisotopic (exact) mass is 282 g/mol. The molecule has 2 fully saturated rings. The van der Waals surface area contributed by atoms with Crippen LogP contribution in [-0.2, 0) is 14.6 Å². The predicted molar refractivity (Wildman–Crippen MR) is 70.6 cm³/mol. The molecule has 0 amide bonds. The summed E-state index contributed by atoms with van der Waals surface area (Å²) in [5, 5.41) is 19.9. The molecule has 5 heteroatoms. The standard InChI is InChI=1S/C15H22O5/c1-12(2)5-4-10(17)13(3)15(12)7-6-14(18,9-16)11(8-15)19-20-13/h4-5,11,16,18H,6-9H2,1-3H3/t11?,13-,14?,15-/m1/s1. The number of rotatable bonds is 1. The molecule has 3 aliphatic rings. The fraction of sp³-hybridized carbons (Fsp3) is 0.800. The molecule has 112 valence electrons. The number of hydrogen-bond donors (Lipinski definition) is 2. The molecule has 20 heavy (non-hydrogen) atoms. The number of carbonyl (C=O) groups is 1. The van der Waals surface area contributed by atoms with Gasteiger partial charge in [0, 0.05) is 5.41 Å². The van der Waals surface area contributed by atoms with Gasteiger partial charge in [-0.25, -0.2) is 9.78 Å². The van der Waals surface area contributed by atoms with Crippen LogP contribution >= 0.6 is 0 Å². The quantitative estimate of drug-likeness (QED) is 0.705. The molecule has 1 heterocycles. The van der Waals surface area contributed by atoms with Crippen LogP contribution in [0.3, 0.4) is 0 Å². The Morgan fingerprint density at radius 1 is 1.35 bits per heavy atom. The molecule has 3 rings (SSSR count). The summed E-state index contributed by atoms with van der Waals surface area (Å²) in [6.07, 6.45) is 4.42. The lowest BCUT2D eigenvalue weighted by Gasteiger charge is -2.63. The van der Waals surface area contributed by atoms with Crippen molar-refractivity contribution in [3.8, 4) is 0 Å². The molecule has 1 saturated heterocycles. The average Bonchev–Trinajstić information content (AvgIpc) is 2.42. The van der Waals surface area contributed by atoms with E-state index in [1.807, 2.05) is 6.08 Å². The first-order chi connectivity index (χ1) is 9.21. The molecule has 4 atom stereocenters. The summed E-state index contributed by atoms with van der Waals surface area (Å²) in [4.78, 5) is 23.2. The molecule has 1 aliphatic heterocycles. The summed E-state index contributed by atoms with van der Waals surface area (Å²) in [5.74, 6) is -0.0929. The van der Waals surface area contributed by atoms with Gasteiger partial charge in [-0.15, -0.1) is 0 Å². The summed E-state index contributed by atoms with van der Waals surface area (Å²) in [7, 11) is 0. The van der Waals surface area contributed by atoms with Gasteiger partial charge >= 0.3 is 0 Å². The maximum Gasteiger partial charge on any atom is 0.190 e. The number of hydrogen-bond acceptors (Lipinski definition) is 5. The lowest BCUT2D eigenvalue weighted by Crippen LogP contribution is -2.71. The van der Waals surface area contributed by atoms with Crippen molar-refractivity contribution >= 4 is 5.78 Å². The van der Waals surface area contributed by atoms with Crippen LogP contribution in [0.25, 0.3) is 0 Å². The van der Waals surface area contributed by atoms with E-state index < -0.39 is 22.7 Å². The third-order valence-corrected chi connectivity index (χ3v) is 5.99. The number of fused-ring (bicyclic) bond motifs is 1. The van der Waals surface area contributed by atoms with Crippen molar-refractivity contribution in [2.24, 2.45) is 10.8 Å². The van der Waals surface area contributed by atoms with E-state index in [0.717, 1.165) is 0 Å². The second kappa shape index (κ2) is 3.91. The Hall–Kier alpha value is -0.750. The smallest absolute Gasteiger partial charge is 0.190 e. The van der Waals surface area contributed by atoms with Crippen LogP contribution in [0.5, 0.6) is 0 Å². The van der Waals surface area contributed by atoms with Crippen molar-refractivity contribution in [3.05, 3.63) is 12.2 Å². The van der Waals surface area contributed by atoms with Gasteiger partial charge in [-0.05, 0) is 37.7 Å². The molecule has 0 aromatic heterocycles. The van der Waals surface area contributed by atoms with Crippen LogP contribution in [0.15, 0.2) is 12.2 Å². The van der Waals surface area contributed by atoms with Gasteiger partial charge < -0.3 is 10.2 Å². The fourth-order valence-electron chi connectivity index (χ4n) is 4.25. The van der Waals surface area contributed by atoms with E-state index >= 15 is 0 Å². The van der Waals surface area contributed by atoms with Crippen molar-refractivity contribution in [2.45, 2.75) is 57.3 Å². The zero-order chi connectivity index (χ0) is 14.8. The second-order valence-electron chi connectivity index (χ2n) is 7.17. The minimum Gasteiger partial charge on any atom is -0.393 e. The van der Waals surface area contributed by atoms with E-state index in [-0.39, 0.29) is 17.8 Å². The van der Waals surface area contributed by atoms with Gasteiger partial charge in [-0.2, -0.15) is 0 Å². The maximum absolute atomic E-state index is 12.4. The van der Waals surface area contributed by atoms with E-state index in [2.05, 4.69) is 13.8 Å². The van der Waals surface area contributed by atoms with Crippen LogP contribution in [0.4, 0.5) is 0 Å². The SMILES string of the molecule is CC1(C)C=CC(=O)[C@@]2(C)OOC3C[C@]12CCC3(O)CO. The van der Waals surface area contributed by atoms with Crippen LogP contribution < -0.4 is 0 Å². The lowest BCUT2D eigenvalue weighted by atomic mass is 9.46. The molecule has 2 bridgehead atoms. The molecule has 1 spiro atoms. The Balaban J connectivity index is 2.10. The summed E-state index contributed by atoms with van der Waals surface area (Å²) in [6, 6.07) is 0. The Kier molecular flexibility index (Phi) is 2.78. The number of carbonyl (C=O) groups excluding carboxylic acids is 1. The van der Waals surface area contributed by atoms with Crippen molar-refractivity contribution in [3.63, 3.8) is 0 Å². The maximum atomic E-state index is 12.4. The zero-order valence-electron chi connectivity index (χ0n) is 12.2. The first-order valence-corrected chi connectivity index (χ1v) is 7.12. The Labute approximate surface area is 118 Å². The molecular formula is C15H22O5. The fourth-order valence-corrected chi connectivity index (χ4v) is 4.25. The average molecular weight is 282 g/mol. The summed E-state index contributed by atoms with van der Waals surface area (Å²) >= 11 is 0. The molecule has 2 aliphatic carbocycles. The van der Waals surface area contributed by atoms with Gasteiger partial charge in [0.2, 0.25) is 0 Å². The van der Waals surface area contributed by atoms with Crippen LogP contribution in [0, 0.1) is 10.8 Å². The normalized spacial score (nSPS) is 49.9. The summed E-state index contributed by atoms with van der Waals surface area (Å²) < 4.78 is 0. The van der Waals surface area contributed by atoms with E-state index in [1.165, 1.54) is 0 Å². The van der Waals surface area contributed by atoms with Gasteiger partial charge in [0.1, 0.15) is 11.7 Å². The van der Waals surface area contributed by atoms with E-state index in [0.29, 0.717) is 19.3 Å². The third-order valence-electron chi connectivity index (χ3n) is 5.99. The first kappa shape index (κ1) is 14.2. The Morgan fingerprint density at radius 2 is 2.05 bits per heavy atom. The molecular weight excluding hydrogens is 260 g/mol. The predicted octanol–water partition coefficient (Wildman–Crippen LogP) is 1.13. The van der Waals surface area contributed by atoms with Crippen molar-refractivity contribution in [1.29, 1.82) is 0 Å². The van der Waals surface area contributed by atoms with Gasteiger partial charge in [0.05, 0.1) is 6.61 Å². The molecule has 5 nitrogen and oxygen atoms in total. The van der Waals surface area contributed by atoms with Crippen molar-refractivity contribution in [1.82, 2.24) is 0 Å². The molecule has 2 N–H and O–H groups in total. The number of ketones is 1. The molecule has 2 unspecified atom stereocenters. The second-order valence-corrected chi connectivity index (χ2v) is 7.17. The topological polar surface area (TPSA) is 76.0 Å². The van der Waals surface area contributed by atoms with Gasteiger partial charge in [-0.1, -0.05) is 19.9 Å². The minimum atomic E-state index is -1.28. The molecule has 1 saturated carbocycles. The Morgan fingerprint density at radius 3 is 2.70 bits per heavy atom. The van der Waals surface area contributed by atoms with Crippen molar-refractivity contribution in [2.75, 3.05) is 6.61 Å². The highest BCUT2D eigenvalue weighted by Gasteiger charge is 2.69. The van der Waals surface area contributed by atoms with Crippen molar-refractivity contribution < 1.29 is 24.8 Å². The largest absolute Gasteiger partial charge is 0.393 e.